The maximum atomic E-state index is 12.5. The average Bonchev–Trinajstić information content (AvgIpc) is 2.92. The number of pyridine rings is 1. The van der Waals surface area contributed by atoms with Gasteiger partial charge in [0.15, 0.2) is 12.4 Å². The second kappa shape index (κ2) is 6.91. The van der Waals surface area contributed by atoms with E-state index in [-0.39, 0.29) is 11.4 Å². The summed E-state index contributed by atoms with van der Waals surface area (Å²) in [6, 6.07) is 2.01. The Morgan fingerprint density at radius 3 is 2.67 bits per heavy atom. The molecule has 24 heavy (non-hydrogen) atoms. The molecule has 0 aliphatic heterocycles. The van der Waals surface area contributed by atoms with Crippen molar-refractivity contribution in [3.63, 3.8) is 0 Å². The molecule has 0 spiro atoms. The van der Waals surface area contributed by atoms with Crippen molar-refractivity contribution in [3.05, 3.63) is 46.5 Å². The van der Waals surface area contributed by atoms with Gasteiger partial charge in [0.25, 0.3) is 5.91 Å². The van der Waals surface area contributed by atoms with Crippen molar-refractivity contribution in [1.29, 1.82) is 0 Å². The Balaban J connectivity index is 1.95. The maximum absolute atomic E-state index is 12.5. The van der Waals surface area contributed by atoms with Gasteiger partial charge in [-0.1, -0.05) is 11.6 Å². The Morgan fingerprint density at radius 1 is 1.42 bits per heavy atom. The van der Waals surface area contributed by atoms with E-state index < -0.39 is 35.2 Å². The molecule has 0 aliphatic rings. The predicted octanol–water partition coefficient (Wildman–Crippen LogP) is 3.45. The minimum Gasteiger partial charge on any atom is -0.469 e. The third kappa shape index (κ3) is 4.25. The van der Waals surface area contributed by atoms with Crippen molar-refractivity contribution in [2.45, 2.75) is 13.1 Å². The lowest BCUT2D eigenvalue weighted by molar-refractivity contribution is -0.137. The molecule has 0 radical (unpaired) electrons. The van der Waals surface area contributed by atoms with E-state index in [0.717, 1.165) is 0 Å². The van der Waals surface area contributed by atoms with E-state index in [1.54, 1.807) is 6.92 Å². The molecule has 128 valence electrons. The van der Waals surface area contributed by atoms with Gasteiger partial charge in [-0.3, -0.25) is 4.79 Å². The highest BCUT2D eigenvalue weighted by Crippen LogP contribution is 2.32. The number of nitrogens with one attached hydrogen (secondary N) is 1. The quantitative estimate of drug-likeness (QED) is 0.842. The van der Waals surface area contributed by atoms with Crippen LogP contribution in [0.1, 0.15) is 21.7 Å². The first-order chi connectivity index (χ1) is 11.2. The molecule has 0 saturated carbocycles. The number of amides is 1. The molecule has 1 N–H and O–H groups in total. The highest BCUT2D eigenvalue weighted by Gasteiger charge is 2.31. The van der Waals surface area contributed by atoms with Crippen LogP contribution in [0.4, 0.5) is 19.0 Å². The maximum Gasteiger partial charge on any atom is 0.417 e. The zero-order valence-electron chi connectivity index (χ0n) is 12.1. The third-order valence-electron chi connectivity index (χ3n) is 2.84. The van der Waals surface area contributed by atoms with Gasteiger partial charge < -0.3 is 14.5 Å². The zero-order chi connectivity index (χ0) is 17.9. The lowest BCUT2D eigenvalue weighted by Crippen LogP contribution is -2.22. The lowest BCUT2D eigenvalue weighted by atomic mass is 10.2. The minimum atomic E-state index is -4.60. The fourth-order valence-electron chi connectivity index (χ4n) is 1.66. The average molecular weight is 363 g/mol. The Hall–Kier alpha value is -2.55. The summed E-state index contributed by atoms with van der Waals surface area (Å²) >= 11 is 5.65. The number of furan rings is 1. The summed E-state index contributed by atoms with van der Waals surface area (Å²) < 4.78 is 47.1. The Labute approximate surface area is 138 Å². The number of rotatable bonds is 4. The van der Waals surface area contributed by atoms with Crippen molar-refractivity contribution < 1.29 is 31.9 Å². The summed E-state index contributed by atoms with van der Waals surface area (Å²) in [6.45, 7) is 0.880. The molecular formula is C14H10ClF3N2O4. The predicted molar refractivity (Wildman–Crippen MR) is 76.6 cm³/mol. The summed E-state index contributed by atoms with van der Waals surface area (Å²) in [5, 5.41) is 1.76. The molecule has 0 aromatic carbocycles. The van der Waals surface area contributed by atoms with E-state index in [4.69, 9.17) is 20.8 Å². The fourth-order valence-corrected chi connectivity index (χ4v) is 1.87. The van der Waals surface area contributed by atoms with E-state index in [1.807, 2.05) is 0 Å². The molecule has 2 rings (SSSR count). The standard InChI is InChI=1S/C14H10ClF3N2O4/c1-7-9(2-3-23-7)13(22)24-6-11(21)20-12-10(15)4-8(5-19-12)14(16,17)18/h2-5H,6H2,1H3,(H,19,20,21). The Kier molecular flexibility index (Phi) is 5.13. The van der Waals surface area contributed by atoms with Crippen molar-refractivity contribution in [2.75, 3.05) is 11.9 Å². The van der Waals surface area contributed by atoms with Gasteiger partial charge in [-0.25, -0.2) is 9.78 Å². The van der Waals surface area contributed by atoms with Crippen LogP contribution in [-0.2, 0) is 15.7 Å². The minimum absolute atomic E-state index is 0.161. The smallest absolute Gasteiger partial charge is 0.417 e. The van der Waals surface area contributed by atoms with E-state index >= 15 is 0 Å². The first-order valence-electron chi connectivity index (χ1n) is 6.42. The van der Waals surface area contributed by atoms with Gasteiger partial charge in [-0.2, -0.15) is 13.2 Å². The van der Waals surface area contributed by atoms with Gasteiger partial charge in [0.1, 0.15) is 11.3 Å². The summed E-state index contributed by atoms with van der Waals surface area (Å²) in [4.78, 5) is 26.8. The fraction of sp³-hybridized carbons (Fsp3) is 0.214. The Morgan fingerprint density at radius 2 is 2.12 bits per heavy atom. The van der Waals surface area contributed by atoms with Crippen LogP contribution < -0.4 is 5.32 Å². The molecule has 2 aromatic rings. The lowest BCUT2D eigenvalue weighted by Gasteiger charge is -2.10. The van der Waals surface area contributed by atoms with Gasteiger partial charge in [-0.15, -0.1) is 0 Å². The molecule has 10 heteroatoms. The highest BCUT2D eigenvalue weighted by atomic mass is 35.5. The van der Waals surface area contributed by atoms with E-state index in [9.17, 15) is 22.8 Å². The molecule has 0 bridgehead atoms. The number of aryl methyl sites for hydroxylation is 1. The number of hydrogen-bond acceptors (Lipinski definition) is 5. The SMILES string of the molecule is Cc1occc1C(=O)OCC(=O)Nc1ncc(C(F)(F)F)cc1Cl. The number of esters is 1. The molecule has 0 aliphatic carbocycles. The summed E-state index contributed by atoms with van der Waals surface area (Å²) in [7, 11) is 0. The molecule has 6 nitrogen and oxygen atoms in total. The third-order valence-corrected chi connectivity index (χ3v) is 3.13. The number of hydrogen-bond donors (Lipinski definition) is 1. The molecule has 2 heterocycles. The number of alkyl halides is 3. The van der Waals surface area contributed by atoms with Crippen molar-refractivity contribution >= 4 is 29.3 Å². The van der Waals surface area contributed by atoms with Crippen LogP contribution in [0.2, 0.25) is 5.02 Å². The number of carbonyl (C=O) groups is 2. The molecule has 0 fully saturated rings. The Bertz CT molecular complexity index is 774. The molecular weight excluding hydrogens is 353 g/mol. The van der Waals surface area contributed by atoms with Crippen LogP contribution in [-0.4, -0.2) is 23.5 Å². The topological polar surface area (TPSA) is 81.4 Å². The summed E-state index contributed by atoms with van der Waals surface area (Å²) in [5.74, 6) is -1.53. The first kappa shape index (κ1) is 17.8. The van der Waals surface area contributed by atoms with Crippen LogP contribution in [0, 0.1) is 6.92 Å². The molecule has 2 aromatic heterocycles. The van der Waals surface area contributed by atoms with E-state index in [1.165, 1.54) is 12.3 Å². The number of halogens is 4. The van der Waals surface area contributed by atoms with Crippen LogP contribution in [0.25, 0.3) is 0 Å². The van der Waals surface area contributed by atoms with Crippen molar-refractivity contribution in [1.82, 2.24) is 4.98 Å². The second-order valence-corrected chi connectivity index (χ2v) is 4.97. The molecule has 1 amide bonds. The second-order valence-electron chi connectivity index (χ2n) is 4.57. The van der Waals surface area contributed by atoms with Crippen LogP contribution >= 0.6 is 11.6 Å². The van der Waals surface area contributed by atoms with Crippen LogP contribution in [0.3, 0.4) is 0 Å². The van der Waals surface area contributed by atoms with Gasteiger partial charge >= 0.3 is 12.1 Å². The molecule has 0 unspecified atom stereocenters. The number of nitrogens with zero attached hydrogens (tertiary/aromatic N) is 1. The van der Waals surface area contributed by atoms with Crippen LogP contribution in [0.5, 0.6) is 0 Å². The van der Waals surface area contributed by atoms with Crippen LogP contribution in [0.15, 0.2) is 29.0 Å². The highest BCUT2D eigenvalue weighted by molar-refractivity contribution is 6.33. The van der Waals surface area contributed by atoms with Gasteiger partial charge in [0.05, 0.1) is 16.8 Å². The summed E-state index contributed by atoms with van der Waals surface area (Å²) in [5.41, 5.74) is -0.888. The van der Waals surface area contributed by atoms with Gasteiger partial charge in [-0.05, 0) is 19.1 Å². The monoisotopic (exact) mass is 362 g/mol. The zero-order valence-corrected chi connectivity index (χ0v) is 12.9. The van der Waals surface area contributed by atoms with Gasteiger partial charge in [0.2, 0.25) is 0 Å². The first-order valence-corrected chi connectivity index (χ1v) is 6.80. The van der Waals surface area contributed by atoms with Gasteiger partial charge in [0, 0.05) is 6.20 Å². The number of carbonyl (C=O) groups excluding carboxylic acids is 2. The van der Waals surface area contributed by atoms with E-state index in [2.05, 4.69) is 10.3 Å². The van der Waals surface area contributed by atoms with E-state index in [0.29, 0.717) is 18.0 Å². The number of anilines is 1. The normalized spacial score (nSPS) is 11.2. The number of aromatic nitrogens is 1. The molecule has 0 saturated heterocycles. The number of ether oxygens (including phenoxy) is 1. The molecule has 0 atom stereocenters. The summed E-state index contributed by atoms with van der Waals surface area (Å²) in [6.07, 6.45) is -2.78. The van der Waals surface area contributed by atoms with Crippen molar-refractivity contribution in [3.8, 4) is 0 Å². The largest absolute Gasteiger partial charge is 0.469 e. The van der Waals surface area contributed by atoms with Crippen molar-refractivity contribution in [2.24, 2.45) is 0 Å².